The normalized spacial score (nSPS) is 14.1. The minimum absolute atomic E-state index is 0.508. The number of rotatable bonds is 5. The van der Waals surface area contributed by atoms with Gasteiger partial charge in [0.15, 0.2) is 5.54 Å². The van der Waals surface area contributed by atoms with E-state index in [1.807, 2.05) is 37.3 Å². The number of carboxylic acids is 1. The molecular formula is C14H16N2O2. The zero-order valence-electron chi connectivity index (χ0n) is 10.3. The largest absolute Gasteiger partial charge is 0.479 e. The van der Waals surface area contributed by atoms with Crippen LogP contribution in [0, 0.1) is 0 Å². The maximum absolute atomic E-state index is 11.8. The summed E-state index contributed by atoms with van der Waals surface area (Å²) in [6.07, 6.45) is 4.59. The lowest BCUT2D eigenvalue weighted by Crippen LogP contribution is -2.43. The van der Waals surface area contributed by atoms with Crippen molar-refractivity contribution < 1.29 is 9.90 Å². The minimum atomic E-state index is -1.11. The van der Waals surface area contributed by atoms with E-state index < -0.39 is 11.5 Å². The van der Waals surface area contributed by atoms with Crippen molar-refractivity contribution >= 4 is 5.97 Å². The molecule has 1 N–H and O–H groups in total. The van der Waals surface area contributed by atoms with E-state index in [0.717, 1.165) is 12.0 Å². The van der Waals surface area contributed by atoms with Gasteiger partial charge in [0.1, 0.15) is 0 Å². The fourth-order valence-corrected chi connectivity index (χ4v) is 2.29. The van der Waals surface area contributed by atoms with E-state index in [9.17, 15) is 9.90 Å². The number of carboxylic acid groups (broad SMARTS) is 1. The highest BCUT2D eigenvalue weighted by Crippen LogP contribution is 2.31. The summed E-state index contributed by atoms with van der Waals surface area (Å²) in [4.78, 5) is 11.8. The maximum atomic E-state index is 11.8. The Morgan fingerprint density at radius 3 is 2.56 bits per heavy atom. The summed E-state index contributed by atoms with van der Waals surface area (Å²) >= 11 is 0. The van der Waals surface area contributed by atoms with Crippen LogP contribution in [0.2, 0.25) is 0 Å². The van der Waals surface area contributed by atoms with Gasteiger partial charge in [-0.1, -0.05) is 43.7 Å². The number of aromatic nitrogens is 2. The molecule has 0 bridgehead atoms. The van der Waals surface area contributed by atoms with Gasteiger partial charge in [-0.2, -0.15) is 5.10 Å². The Hall–Kier alpha value is -2.10. The molecule has 4 heteroatoms. The van der Waals surface area contributed by atoms with Crippen LogP contribution in [-0.4, -0.2) is 20.9 Å². The first-order chi connectivity index (χ1) is 8.71. The molecule has 18 heavy (non-hydrogen) atoms. The second kappa shape index (κ2) is 5.04. The SMILES string of the molecule is CCCC(C(=O)O)(c1ccccc1)n1cccn1. The van der Waals surface area contributed by atoms with Crippen LogP contribution >= 0.6 is 0 Å². The van der Waals surface area contributed by atoms with Crippen LogP contribution in [0.15, 0.2) is 48.8 Å². The molecule has 94 valence electrons. The Bertz CT molecular complexity index is 508. The van der Waals surface area contributed by atoms with Crippen molar-refractivity contribution in [2.45, 2.75) is 25.3 Å². The van der Waals surface area contributed by atoms with Crippen molar-refractivity contribution in [1.29, 1.82) is 0 Å². The van der Waals surface area contributed by atoms with Gasteiger partial charge in [-0.25, -0.2) is 4.79 Å². The fourth-order valence-electron chi connectivity index (χ4n) is 2.29. The lowest BCUT2D eigenvalue weighted by atomic mass is 9.85. The first-order valence-electron chi connectivity index (χ1n) is 6.01. The predicted octanol–water partition coefficient (Wildman–Crippen LogP) is 2.51. The molecule has 4 nitrogen and oxygen atoms in total. The molecule has 0 aliphatic rings. The number of hydrogen-bond donors (Lipinski definition) is 1. The molecule has 0 aliphatic heterocycles. The van der Waals surface area contributed by atoms with Crippen molar-refractivity contribution in [2.24, 2.45) is 0 Å². The lowest BCUT2D eigenvalue weighted by Gasteiger charge is -2.30. The molecule has 1 atom stereocenters. The molecule has 0 saturated carbocycles. The molecular weight excluding hydrogens is 228 g/mol. The minimum Gasteiger partial charge on any atom is -0.479 e. The van der Waals surface area contributed by atoms with Gasteiger partial charge in [0, 0.05) is 12.4 Å². The summed E-state index contributed by atoms with van der Waals surface area (Å²) in [5, 5.41) is 13.9. The Labute approximate surface area is 106 Å². The predicted molar refractivity (Wildman–Crippen MR) is 68.3 cm³/mol. The quantitative estimate of drug-likeness (QED) is 0.879. The van der Waals surface area contributed by atoms with Crippen molar-refractivity contribution in [2.75, 3.05) is 0 Å². The zero-order chi connectivity index (χ0) is 13.0. The lowest BCUT2D eigenvalue weighted by molar-refractivity contribution is -0.146. The molecule has 0 radical (unpaired) electrons. The van der Waals surface area contributed by atoms with Crippen LogP contribution in [0.1, 0.15) is 25.3 Å². The second-order valence-electron chi connectivity index (χ2n) is 4.23. The number of aliphatic carboxylic acids is 1. The molecule has 1 heterocycles. The third-order valence-corrected chi connectivity index (χ3v) is 3.11. The van der Waals surface area contributed by atoms with Crippen molar-refractivity contribution in [3.63, 3.8) is 0 Å². The summed E-state index contributed by atoms with van der Waals surface area (Å²) in [7, 11) is 0. The third-order valence-electron chi connectivity index (χ3n) is 3.11. The highest BCUT2D eigenvalue weighted by molar-refractivity contribution is 5.81. The van der Waals surface area contributed by atoms with Crippen LogP contribution in [0.5, 0.6) is 0 Å². The summed E-state index contributed by atoms with van der Waals surface area (Å²) < 4.78 is 1.54. The zero-order valence-corrected chi connectivity index (χ0v) is 10.3. The van der Waals surface area contributed by atoms with Gasteiger partial charge in [0.2, 0.25) is 0 Å². The highest BCUT2D eigenvalue weighted by Gasteiger charge is 2.42. The van der Waals surface area contributed by atoms with Gasteiger partial charge >= 0.3 is 5.97 Å². The van der Waals surface area contributed by atoms with Crippen LogP contribution in [0.4, 0.5) is 0 Å². The van der Waals surface area contributed by atoms with Crippen molar-refractivity contribution in [3.05, 3.63) is 54.4 Å². The molecule has 2 aromatic rings. The number of benzene rings is 1. The molecule has 0 saturated heterocycles. The van der Waals surface area contributed by atoms with E-state index in [1.165, 1.54) is 4.68 Å². The van der Waals surface area contributed by atoms with Gasteiger partial charge in [0.05, 0.1) is 0 Å². The van der Waals surface area contributed by atoms with E-state index in [0.29, 0.717) is 6.42 Å². The average Bonchev–Trinajstić information content (AvgIpc) is 2.90. The van der Waals surface area contributed by atoms with Crippen LogP contribution in [-0.2, 0) is 10.3 Å². The summed E-state index contributed by atoms with van der Waals surface area (Å²) in [5.41, 5.74) is -0.359. The smallest absolute Gasteiger partial charge is 0.336 e. The molecule has 1 aromatic heterocycles. The highest BCUT2D eigenvalue weighted by atomic mass is 16.4. The van der Waals surface area contributed by atoms with E-state index in [4.69, 9.17) is 0 Å². The molecule has 1 aromatic carbocycles. The van der Waals surface area contributed by atoms with Gasteiger partial charge in [-0.05, 0) is 18.1 Å². The molecule has 0 spiro atoms. The fraction of sp³-hybridized carbons (Fsp3) is 0.286. The Morgan fingerprint density at radius 2 is 2.06 bits per heavy atom. The summed E-state index contributed by atoms with van der Waals surface area (Å²) in [6.45, 7) is 1.98. The Balaban J connectivity index is 2.62. The number of hydrogen-bond acceptors (Lipinski definition) is 2. The van der Waals surface area contributed by atoms with E-state index in [1.54, 1.807) is 18.5 Å². The average molecular weight is 244 g/mol. The van der Waals surface area contributed by atoms with Gasteiger partial charge in [0.25, 0.3) is 0 Å². The van der Waals surface area contributed by atoms with E-state index in [-0.39, 0.29) is 0 Å². The van der Waals surface area contributed by atoms with Gasteiger partial charge in [-0.3, -0.25) is 4.68 Å². The summed E-state index contributed by atoms with van der Waals surface area (Å²) in [5.74, 6) is -0.876. The maximum Gasteiger partial charge on any atom is 0.336 e. The molecule has 0 fully saturated rings. The monoisotopic (exact) mass is 244 g/mol. The van der Waals surface area contributed by atoms with Crippen LogP contribution in [0.3, 0.4) is 0 Å². The topological polar surface area (TPSA) is 55.1 Å². The second-order valence-corrected chi connectivity index (χ2v) is 4.23. The van der Waals surface area contributed by atoms with Gasteiger partial charge in [-0.15, -0.1) is 0 Å². The molecule has 0 aliphatic carbocycles. The van der Waals surface area contributed by atoms with Crippen LogP contribution < -0.4 is 0 Å². The van der Waals surface area contributed by atoms with E-state index in [2.05, 4.69) is 5.10 Å². The first-order valence-corrected chi connectivity index (χ1v) is 6.01. The van der Waals surface area contributed by atoms with E-state index >= 15 is 0 Å². The number of carbonyl (C=O) groups is 1. The van der Waals surface area contributed by atoms with Gasteiger partial charge < -0.3 is 5.11 Å². The Morgan fingerprint density at radius 1 is 1.33 bits per heavy atom. The third kappa shape index (κ3) is 1.90. The van der Waals surface area contributed by atoms with Crippen molar-refractivity contribution in [1.82, 2.24) is 9.78 Å². The molecule has 0 amide bonds. The molecule has 1 unspecified atom stereocenters. The summed E-state index contributed by atoms with van der Waals surface area (Å²) in [6, 6.07) is 11.0. The van der Waals surface area contributed by atoms with Crippen molar-refractivity contribution in [3.8, 4) is 0 Å². The number of nitrogens with zero attached hydrogens (tertiary/aromatic N) is 2. The first kappa shape index (κ1) is 12.4. The van der Waals surface area contributed by atoms with Crippen LogP contribution in [0.25, 0.3) is 0 Å². The Kier molecular flexibility index (Phi) is 3.46. The standard InChI is InChI=1S/C14H16N2O2/c1-2-9-14(13(17)18,16-11-6-10-15-16)12-7-4-3-5-8-12/h3-8,10-11H,2,9H2,1H3,(H,17,18). The molecule has 2 rings (SSSR count).